The molecule has 2 fully saturated rings. The molecule has 1 saturated heterocycles. The van der Waals surface area contributed by atoms with Crippen LogP contribution in [0.15, 0.2) is 28.9 Å². The topological polar surface area (TPSA) is 99.7 Å². The lowest BCUT2D eigenvalue weighted by Gasteiger charge is -2.34. The van der Waals surface area contributed by atoms with Crippen LogP contribution in [-0.4, -0.2) is 80.7 Å². The van der Waals surface area contributed by atoms with Crippen molar-refractivity contribution in [2.24, 2.45) is 4.36 Å². The van der Waals surface area contributed by atoms with Crippen LogP contribution in [-0.2, 0) is 25.9 Å². The number of hydrogen-bond donors (Lipinski definition) is 0. The highest BCUT2D eigenvalue weighted by molar-refractivity contribution is 7.93. The number of anilines is 1. The summed E-state index contributed by atoms with van der Waals surface area (Å²) in [5.41, 5.74) is 1.33. The Morgan fingerprint density at radius 3 is 2.81 bits per heavy atom. The van der Waals surface area contributed by atoms with Gasteiger partial charge >= 0.3 is 0 Å². The van der Waals surface area contributed by atoms with E-state index in [4.69, 9.17) is 18.8 Å². The molecule has 196 valence electrons. The SMILES string of the molecule is C[C@@H]1COCCN1c1cc(N=S(C)(=O)C2CC2)c2cnn(-c3ccn(COCC[Si](C)(C)C)n3)c2n1. The molecule has 1 unspecified atom stereocenters. The van der Waals surface area contributed by atoms with Crippen LogP contribution in [0.5, 0.6) is 0 Å². The second-order valence-electron chi connectivity index (χ2n) is 11.1. The number of aromatic nitrogens is 5. The number of hydrogen-bond acceptors (Lipinski definition) is 8. The largest absolute Gasteiger partial charge is 0.377 e. The fourth-order valence-corrected chi connectivity index (χ4v) is 6.73. The molecule has 3 aromatic rings. The number of rotatable bonds is 9. The van der Waals surface area contributed by atoms with Gasteiger partial charge in [0.2, 0.25) is 0 Å². The lowest BCUT2D eigenvalue weighted by atomic mass is 10.2. The van der Waals surface area contributed by atoms with Gasteiger partial charge in [0.25, 0.3) is 0 Å². The first-order valence-electron chi connectivity index (χ1n) is 12.7. The Morgan fingerprint density at radius 1 is 1.28 bits per heavy atom. The first-order chi connectivity index (χ1) is 17.1. The zero-order chi connectivity index (χ0) is 25.5. The molecule has 0 N–H and O–H groups in total. The van der Waals surface area contributed by atoms with E-state index in [9.17, 15) is 4.21 Å². The third-order valence-corrected chi connectivity index (χ3v) is 10.6. The van der Waals surface area contributed by atoms with Gasteiger partial charge in [-0.25, -0.2) is 13.9 Å². The lowest BCUT2D eigenvalue weighted by Crippen LogP contribution is -2.44. The number of pyridine rings is 1. The molecular weight excluding hydrogens is 494 g/mol. The van der Waals surface area contributed by atoms with Crippen LogP contribution >= 0.6 is 0 Å². The van der Waals surface area contributed by atoms with Gasteiger partial charge in [-0.2, -0.15) is 19.2 Å². The van der Waals surface area contributed by atoms with Crippen molar-refractivity contribution in [3.05, 3.63) is 24.5 Å². The van der Waals surface area contributed by atoms with Crippen LogP contribution in [0.3, 0.4) is 0 Å². The Balaban J connectivity index is 1.49. The Labute approximate surface area is 214 Å². The minimum Gasteiger partial charge on any atom is -0.377 e. The van der Waals surface area contributed by atoms with E-state index in [-0.39, 0.29) is 11.3 Å². The third-order valence-electron chi connectivity index (χ3n) is 6.65. The van der Waals surface area contributed by atoms with E-state index in [2.05, 4.69) is 41.7 Å². The van der Waals surface area contributed by atoms with Crippen molar-refractivity contribution in [3.8, 4) is 5.82 Å². The van der Waals surface area contributed by atoms with Crippen molar-refractivity contribution >= 4 is 40.3 Å². The average molecular weight is 532 g/mol. The summed E-state index contributed by atoms with van der Waals surface area (Å²) in [6.45, 7) is 12.3. The van der Waals surface area contributed by atoms with Crippen molar-refractivity contribution in [3.63, 3.8) is 0 Å². The van der Waals surface area contributed by atoms with E-state index < -0.39 is 17.8 Å². The van der Waals surface area contributed by atoms with Gasteiger partial charge in [0.1, 0.15) is 12.5 Å². The predicted octanol–water partition coefficient (Wildman–Crippen LogP) is 4.05. The summed E-state index contributed by atoms with van der Waals surface area (Å²) >= 11 is 0. The Kier molecular flexibility index (Phi) is 6.96. The van der Waals surface area contributed by atoms with Gasteiger partial charge < -0.3 is 14.4 Å². The normalized spacial score (nSPS) is 20.6. The van der Waals surface area contributed by atoms with E-state index in [1.54, 1.807) is 21.8 Å². The summed E-state index contributed by atoms with van der Waals surface area (Å²) in [5, 5.41) is 10.2. The highest BCUT2D eigenvalue weighted by atomic mass is 32.2. The van der Waals surface area contributed by atoms with E-state index in [0.29, 0.717) is 37.1 Å². The number of ether oxygens (including phenoxy) is 2. The number of nitrogens with zero attached hydrogens (tertiary/aromatic N) is 7. The molecule has 36 heavy (non-hydrogen) atoms. The minimum absolute atomic E-state index is 0.165. The molecule has 10 nitrogen and oxygen atoms in total. The van der Waals surface area contributed by atoms with Gasteiger partial charge in [0.15, 0.2) is 11.5 Å². The van der Waals surface area contributed by atoms with Gasteiger partial charge in [0, 0.05) is 51.1 Å². The number of fused-ring (bicyclic) bond motifs is 1. The van der Waals surface area contributed by atoms with Crippen LogP contribution in [0.1, 0.15) is 19.8 Å². The molecule has 1 saturated carbocycles. The second-order valence-corrected chi connectivity index (χ2v) is 19.3. The molecule has 1 aliphatic heterocycles. The molecule has 12 heteroatoms. The second kappa shape index (κ2) is 9.88. The summed E-state index contributed by atoms with van der Waals surface area (Å²) in [7, 11) is -3.47. The number of morpholine rings is 1. The minimum atomic E-state index is -2.33. The Morgan fingerprint density at radius 2 is 2.08 bits per heavy atom. The standard InChI is InChI=1S/C24H37N7O3SSi/c1-18-16-33-11-10-30(18)23-14-21(28-35(2,32)19-6-7-19)20-15-25-31(24(20)26-23)22-8-9-29(27-22)17-34-12-13-36(3,4)5/h8-9,14-15,18-19H,6-7,10-13,16-17H2,1-5H3/t18-,35?/m1/s1. The summed E-state index contributed by atoms with van der Waals surface area (Å²) in [6.07, 6.45) is 7.35. The first-order valence-corrected chi connectivity index (χ1v) is 18.4. The molecule has 1 aliphatic carbocycles. The molecule has 0 spiro atoms. The van der Waals surface area contributed by atoms with Crippen molar-refractivity contribution in [2.45, 2.75) is 63.5 Å². The summed E-state index contributed by atoms with van der Waals surface area (Å²) in [6, 6.07) is 5.15. The third kappa shape index (κ3) is 5.66. The van der Waals surface area contributed by atoms with Crippen LogP contribution in [0.2, 0.25) is 25.7 Å². The van der Waals surface area contributed by atoms with Crippen molar-refractivity contribution in [1.82, 2.24) is 24.5 Å². The molecule has 0 aromatic carbocycles. The first kappa shape index (κ1) is 25.4. The maximum absolute atomic E-state index is 13.3. The highest BCUT2D eigenvalue weighted by Gasteiger charge is 2.31. The Bertz CT molecular complexity index is 1350. The van der Waals surface area contributed by atoms with Gasteiger partial charge in [-0.15, -0.1) is 0 Å². The average Bonchev–Trinajstić information content (AvgIpc) is 3.44. The molecule has 2 atom stereocenters. The lowest BCUT2D eigenvalue weighted by molar-refractivity contribution is 0.0785. The van der Waals surface area contributed by atoms with Crippen LogP contribution < -0.4 is 4.90 Å². The van der Waals surface area contributed by atoms with E-state index in [1.165, 1.54) is 0 Å². The fourth-order valence-electron chi connectivity index (χ4n) is 4.28. The van der Waals surface area contributed by atoms with E-state index in [1.807, 2.05) is 18.3 Å². The molecule has 0 amide bonds. The maximum Gasteiger partial charge on any atom is 0.177 e. The zero-order valence-corrected chi connectivity index (χ0v) is 23.7. The quantitative estimate of drug-likeness (QED) is 0.303. The molecule has 0 bridgehead atoms. The van der Waals surface area contributed by atoms with Crippen LogP contribution in [0.4, 0.5) is 11.5 Å². The summed E-state index contributed by atoms with van der Waals surface area (Å²) < 4.78 is 33.1. The highest BCUT2D eigenvalue weighted by Crippen LogP contribution is 2.36. The van der Waals surface area contributed by atoms with Crippen LogP contribution in [0, 0.1) is 0 Å². The Hall–Kier alpha value is -2.28. The smallest absolute Gasteiger partial charge is 0.177 e. The molecule has 5 rings (SSSR count). The monoisotopic (exact) mass is 531 g/mol. The van der Waals surface area contributed by atoms with Crippen molar-refractivity contribution < 1.29 is 13.7 Å². The maximum atomic E-state index is 13.3. The van der Waals surface area contributed by atoms with Gasteiger partial charge in [-0.05, 0) is 25.8 Å². The van der Waals surface area contributed by atoms with Gasteiger partial charge in [-0.1, -0.05) is 19.6 Å². The molecule has 2 aliphatic rings. The van der Waals surface area contributed by atoms with Gasteiger partial charge in [-0.3, -0.25) is 0 Å². The van der Waals surface area contributed by atoms with Gasteiger partial charge in [0.05, 0.1) is 46.3 Å². The molecular formula is C24H37N7O3SSi. The van der Waals surface area contributed by atoms with Crippen molar-refractivity contribution in [1.29, 1.82) is 0 Å². The van der Waals surface area contributed by atoms with E-state index >= 15 is 0 Å². The summed E-state index contributed by atoms with van der Waals surface area (Å²) in [4.78, 5) is 7.21. The molecule has 0 radical (unpaired) electrons. The molecule has 3 aromatic heterocycles. The van der Waals surface area contributed by atoms with E-state index in [0.717, 1.165) is 43.2 Å². The zero-order valence-electron chi connectivity index (χ0n) is 21.9. The van der Waals surface area contributed by atoms with Crippen molar-refractivity contribution in [2.75, 3.05) is 37.5 Å². The summed E-state index contributed by atoms with van der Waals surface area (Å²) in [5.74, 6) is 1.45. The molecule has 4 heterocycles. The predicted molar refractivity (Wildman–Crippen MR) is 146 cm³/mol. The fraction of sp³-hybridized carbons (Fsp3) is 0.625. The van der Waals surface area contributed by atoms with Crippen LogP contribution in [0.25, 0.3) is 16.9 Å².